The maximum atomic E-state index is 9.31. The third-order valence-electron chi connectivity index (χ3n) is 4.03. The summed E-state index contributed by atoms with van der Waals surface area (Å²) in [6.07, 6.45) is 1.74. The second kappa shape index (κ2) is 6.43. The zero-order valence-corrected chi connectivity index (χ0v) is 14.3. The van der Waals surface area contributed by atoms with Crippen LogP contribution in [-0.2, 0) is 0 Å². The van der Waals surface area contributed by atoms with Gasteiger partial charge in [0.05, 0.1) is 16.2 Å². The van der Waals surface area contributed by atoms with Crippen molar-refractivity contribution < 1.29 is 0 Å². The van der Waals surface area contributed by atoms with E-state index in [1.807, 2.05) is 54.6 Å². The largest absolute Gasteiger partial charge is 0.381 e. The summed E-state index contributed by atoms with van der Waals surface area (Å²) in [7, 11) is 0. The maximum absolute atomic E-state index is 9.31. The molecular weight excluding hydrogens is 346 g/mol. The van der Waals surface area contributed by atoms with Gasteiger partial charge in [-0.2, -0.15) is 5.26 Å². The van der Waals surface area contributed by atoms with Gasteiger partial charge < -0.3 is 5.73 Å². The van der Waals surface area contributed by atoms with Gasteiger partial charge in [-0.3, -0.25) is 4.98 Å². The van der Waals surface area contributed by atoms with Crippen molar-refractivity contribution in [1.29, 1.82) is 5.26 Å². The first-order valence-electron chi connectivity index (χ1n) is 7.85. The number of hydrogen-bond donors (Lipinski definition) is 1. The lowest BCUT2D eigenvalue weighted by molar-refractivity contribution is 1.18. The Bertz CT molecular complexity index is 1180. The molecule has 0 bridgehead atoms. The van der Waals surface area contributed by atoms with Crippen molar-refractivity contribution in [2.45, 2.75) is 0 Å². The van der Waals surface area contributed by atoms with Crippen LogP contribution in [0, 0.1) is 11.3 Å². The molecule has 0 aliphatic heterocycles. The molecule has 0 fully saturated rings. The van der Waals surface area contributed by atoms with Crippen LogP contribution in [0.15, 0.2) is 60.8 Å². The van der Waals surface area contributed by atoms with Gasteiger partial charge in [-0.25, -0.2) is 9.97 Å². The Balaban J connectivity index is 2.02. The minimum absolute atomic E-state index is 0.0774. The molecule has 0 atom stereocenters. The molecule has 0 aliphatic rings. The summed E-state index contributed by atoms with van der Waals surface area (Å²) >= 11 is 6.36. The Kier molecular flexibility index (Phi) is 3.96. The molecule has 4 rings (SSSR count). The van der Waals surface area contributed by atoms with Gasteiger partial charge in [-0.1, -0.05) is 41.9 Å². The SMILES string of the molecule is N#Cc1nc(-c2ccc3ncccc3c2)c(-c2ccccc2Cl)nc1N. The fourth-order valence-corrected chi connectivity index (χ4v) is 3.02. The van der Waals surface area contributed by atoms with E-state index in [0.29, 0.717) is 22.0 Å². The first-order chi connectivity index (χ1) is 12.7. The molecule has 0 aliphatic carbocycles. The van der Waals surface area contributed by atoms with Crippen LogP contribution < -0.4 is 5.73 Å². The predicted molar refractivity (Wildman–Crippen MR) is 102 cm³/mol. The van der Waals surface area contributed by atoms with Crippen molar-refractivity contribution in [3.8, 4) is 28.6 Å². The van der Waals surface area contributed by atoms with E-state index in [9.17, 15) is 5.26 Å². The molecule has 6 heteroatoms. The summed E-state index contributed by atoms with van der Waals surface area (Å²) in [5.41, 5.74) is 9.47. The number of nitrogens with zero attached hydrogens (tertiary/aromatic N) is 4. The van der Waals surface area contributed by atoms with E-state index in [4.69, 9.17) is 17.3 Å². The van der Waals surface area contributed by atoms with Gasteiger partial charge in [0.25, 0.3) is 0 Å². The van der Waals surface area contributed by atoms with Gasteiger partial charge in [0.15, 0.2) is 11.5 Å². The first kappa shape index (κ1) is 16.0. The summed E-state index contributed by atoms with van der Waals surface area (Å²) in [4.78, 5) is 13.2. The van der Waals surface area contributed by atoms with E-state index in [2.05, 4.69) is 15.0 Å². The topological polar surface area (TPSA) is 88.5 Å². The third-order valence-corrected chi connectivity index (χ3v) is 4.36. The normalized spacial score (nSPS) is 10.6. The van der Waals surface area contributed by atoms with Crippen molar-refractivity contribution in [2.24, 2.45) is 0 Å². The van der Waals surface area contributed by atoms with E-state index in [0.717, 1.165) is 16.5 Å². The van der Waals surface area contributed by atoms with E-state index in [-0.39, 0.29) is 11.5 Å². The predicted octanol–water partition coefficient (Wildman–Crippen LogP) is 4.47. The highest BCUT2D eigenvalue weighted by molar-refractivity contribution is 6.33. The molecule has 124 valence electrons. The molecule has 0 amide bonds. The molecule has 2 N–H and O–H groups in total. The standard InChI is InChI=1S/C20H12ClN5/c21-15-6-2-1-5-14(15)19-18(25-17(11-22)20(23)26-19)13-7-8-16-12(10-13)4-3-9-24-16/h1-10H,(H2,23,26). The molecule has 0 spiro atoms. The summed E-state index contributed by atoms with van der Waals surface area (Å²) in [6.45, 7) is 0. The van der Waals surface area contributed by atoms with Crippen molar-refractivity contribution in [3.05, 3.63) is 71.5 Å². The van der Waals surface area contributed by atoms with Crippen molar-refractivity contribution in [3.63, 3.8) is 0 Å². The fourth-order valence-electron chi connectivity index (χ4n) is 2.80. The quantitative estimate of drug-likeness (QED) is 0.572. The minimum Gasteiger partial charge on any atom is -0.381 e. The highest BCUT2D eigenvalue weighted by Crippen LogP contribution is 2.35. The zero-order valence-electron chi connectivity index (χ0n) is 13.5. The van der Waals surface area contributed by atoms with Gasteiger partial charge in [0, 0.05) is 22.7 Å². The van der Waals surface area contributed by atoms with Gasteiger partial charge in [-0.05, 0) is 24.3 Å². The van der Waals surface area contributed by atoms with Crippen LogP contribution in [0.2, 0.25) is 5.02 Å². The molecule has 4 aromatic rings. The number of anilines is 1. The van der Waals surface area contributed by atoms with Gasteiger partial charge >= 0.3 is 0 Å². The number of nitrogens with two attached hydrogens (primary N) is 1. The summed E-state index contributed by atoms with van der Waals surface area (Å²) in [5.74, 6) is 0.0774. The number of nitriles is 1. The number of hydrogen-bond acceptors (Lipinski definition) is 5. The molecule has 0 unspecified atom stereocenters. The van der Waals surface area contributed by atoms with Crippen LogP contribution in [0.1, 0.15) is 5.69 Å². The van der Waals surface area contributed by atoms with E-state index < -0.39 is 0 Å². The highest BCUT2D eigenvalue weighted by atomic mass is 35.5. The summed E-state index contributed by atoms with van der Waals surface area (Å²) in [6, 6.07) is 18.9. The third kappa shape index (κ3) is 2.73. The average Bonchev–Trinajstić information content (AvgIpc) is 2.68. The molecule has 0 saturated heterocycles. The molecule has 5 nitrogen and oxygen atoms in total. The number of halogens is 1. The Morgan fingerprint density at radius 1 is 0.962 bits per heavy atom. The van der Waals surface area contributed by atoms with Crippen LogP contribution in [-0.4, -0.2) is 15.0 Å². The number of aromatic nitrogens is 3. The van der Waals surface area contributed by atoms with Crippen LogP contribution in [0.25, 0.3) is 33.4 Å². The first-order valence-corrected chi connectivity index (χ1v) is 8.23. The number of rotatable bonds is 2. The number of benzene rings is 2. The average molecular weight is 358 g/mol. The second-order valence-electron chi connectivity index (χ2n) is 5.66. The van der Waals surface area contributed by atoms with Crippen molar-refractivity contribution in [2.75, 3.05) is 5.73 Å². The molecule has 26 heavy (non-hydrogen) atoms. The second-order valence-corrected chi connectivity index (χ2v) is 6.06. The van der Waals surface area contributed by atoms with E-state index >= 15 is 0 Å². The zero-order chi connectivity index (χ0) is 18.1. The lowest BCUT2D eigenvalue weighted by atomic mass is 10.0. The van der Waals surface area contributed by atoms with Crippen LogP contribution in [0.4, 0.5) is 5.82 Å². The van der Waals surface area contributed by atoms with E-state index in [1.54, 1.807) is 12.3 Å². The monoisotopic (exact) mass is 357 g/mol. The molecular formula is C20H12ClN5. The lowest BCUT2D eigenvalue weighted by Gasteiger charge is -2.12. The van der Waals surface area contributed by atoms with Crippen LogP contribution in [0.3, 0.4) is 0 Å². The Morgan fingerprint density at radius 2 is 1.81 bits per heavy atom. The van der Waals surface area contributed by atoms with Gasteiger partial charge in [0.2, 0.25) is 0 Å². The molecule has 0 saturated carbocycles. The molecule has 2 heterocycles. The maximum Gasteiger partial charge on any atom is 0.183 e. The number of nitrogen functional groups attached to an aromatic ring is 1. The minimum atomic E-state index is 0.0774. The highest BCUT2D eigenvalue weighted by Gasteiger charge is 2.17. The Morgan fingerprint density at radius 3 is 2.62 bits per heavy atom. The molecule has 2 aromatic heterocycles. The number of fused-ring (bicyclic) bond motifs is 1. The van der Waals surface area contributed by atoms with Crippen LogP contribution in [0.5, 0.6) is 0 Å². The molecule has 2 aromatic carbocycles. The molecule has 0 radical (unpaired) electrons. The van der Waals surface area contributed by atoms with E-state index in [1.165, 1.54) is 0 Å². The summed E-state index contributed by atoms with van der Waals surface area (Å²) < 4.78 is 0. The number of pyridine rings is 1. The van der Waals surface area contributed by atoms with Gasteiger partial charge in [0.1, 0.15) is 11.8 Å². The van der Waals surface area contributed by atoms with Gasteiger partial charge in [-0.15, -0.1) is 0 Å². The van der Waals surface area contributed by atoms with Crippen molar-refractivity contribution >= 4 is 28.3 Å². The van der Waals surface area contributed by atoms with Crippen LogP contribution >= 0.6 is 11.6 Å². The smallest absolute Gasteiger partial charge is 0.183 e. The lowest BCUT2D eigenvalue weighted by Crippen LogP contribution is -2.03. The summed E-state index contributed by atoms with van der Waals surface area (Å²) in [5, 5.41) is 10.8. The van der Waals surface area contributed by atoms with Crippen molar-refractivity contribution in [1.82, 2.24) is 15.0 Å². The Hall–Kier alpha value is -3.49. The Labute approximate surface area is 154 Å². The fraction of sp³-hybridized carbons (Fsp3) is 0.